The van der Waals surface area contributed by atoms with Gasteiger partial charge in [-0.15, -0.1) is 0 Å². The second-order valence-corrected chi connectivity index (χ2v) is 7.12. The summed E-state index contributed by atoms with van der Waals surface area (Å²) in [6.07, 6.45) is 3.63. The summed E-state index contributed by atoms with van der Waals surface area (Å²) in [6.45, 7) is 2.44. The number of carbonyl (C=O) groups is 1. The van der Waals surface area contributed by atoms with Gasteiger partial charge < -0.3 is 10.1 Å². The minimum absolute atomic E-state index is 0.0293. The summed E-state index contributed by atoms with van der Waals surface area (Å²) < 4.78 is 5.44. The minimum Gasteiger partial charge on any atom is -0.492 e. The molecule has 3 nitrogen and oxygen atoms in total. The van der Waals surface area contributed by atoms with E-state index in [1.54, 1.807) is 12.1 Å². The Hall–Kier alpha value is -1.71. The third-order valence-electron chi connectivity index (χ3n) is 4.77. The average molecular weight is 378 g/mol. The van der Waals surface area contributed by atoms with E-state index in [0.717, 1.165) is 31.2 Å². The monoisotopic (exact) mass is 377 g/mol. The molecule has 0 spiro atoms. The summed E-state index contributed by atoms with van der Waals surface area (Å²) >= 11 is 12.6. The number of ether oxygens (including phenoxy) is 1. The molecule has 0 atom stereocenters. The molecule has 1 saturated carbocycles. The van der Waals surface area contributed by atoms with E-state index in [2.05, 4.69) is 5.32 Å². The molecule has 2 aromatic carbocycles. The molecule has 0 heterocycles. The summed E-state index contributed by atoms with van der Waals surface area (Å²) in [7, 11) is 0. The number of hydrogen-bond acceptors (Lipinski definition) is 2. The lowest BCUT2D eigenvalue weighted by Crippen LogP contribution is -2.38. The Morgan fingerprint density at radius 2 is 1.84 bits per heavy atom. The first-order valence-electron chi connectivity index (χ1n) is 8.55. The van der Waals surface area contributed by atoms with E-state index in [1.165, 1.54) is 0 Å². The van der Waals surface area contributed by atoms with Crippen LogP contribution in [0.2, 0.25) is 10.0 Å². The van der Waals surface area contributed by atoms with E-state index >= 15 is 0 Å². The highest BCUT2D eigenvalue weighted by Gasteiger charge is 2.43. The lowest BCUT2D eigenvalue weighted by atomic mass is 9.78. The molecule has 0 bridgehead atoms. The van der Waals surface area contributed by atoms with Crippen LogP contribution in [0, 0.1) is 0 Å². The van der Waals surface area contributed by atoms with E-state index < -0.39 is 5.41 Å². The fourth-order valence-corrected chi connectivity index (χ4v) is 4.10. The molecule has 132 valence electrons. The first-order chi connectivity index (χ1) is 12.1. The molecule has 0 unspecified atom stereocenters. The van der Waals surface area contributed by atoms with Gasteiger partial charge in [-0.1, -0.05) is 54.2 Å². The molecule has 2 aromatic rings. The van der Waals surface area contributed by atoms with Crippen molar-refractivity contribution in [3.63, 3.8) is 0 Å². The molecule has 1 aliphatic carbocycles. The largest absolute Gasteiger partial charge is 0.492 e. The zero-order chi connectivity index (χ0) is 17.9. The molecule has 3 rings (SSSR count). The van der Waals surface area contributed by atoms with Gasteiger partial charge >= 0.3 is 0 Å². The molecular weight excluding hydrogens is 357 g/mol. The average Bonchev–Trinajstić information content (AvgIpc) is 3.09. The van der Waals surface area contributed by atoms with Crippen molar-refractivity contribution in [2.45, 2.75) is 38.0 Å². The maximum atomic E-state index is 13.2. The quantitative estimate of drug-likeness (QED) is 0.710. The smallest absolute Gasteiger partial charge is 0.235 e. The molecule has 0 aliphatic heterocycles. The summed E-state index contributed by atoms with van der Waals surface area (Å²) in [6, 6.07) is 12.9. The standard InChI is InChI=1S/C20H21Cl2NO2/c1-2-25-18-10-9-14(13-17(18)22)23-19(24)20(11-5-6-12-20)15-7-3-4-8-16(15)21/h3-4,7-10,13H,2,5-6,11-12H2,1H3,(H,23,24). The number of halogens is 2. The lowest BCUT2D eigenvalue weighted by molar-refractivity contribution is -0.121. The lowest BCUT2D eigenvalue weighted by Gasteiger charge is -2.29. The van der Waals surface area contributed by atoms with Gasteiger partial charge in [0.2, 0.25) is 5.91 Å². The number of hydrogen-bond donors (Lipinski definition) is 1. The Morgan fingerprint density at radius 3 is 2.48 bits per heavy atom. The topological polar surface area (TPSA) is 38.3 Å². The van der Waals surface area contributed by atoms with Gasteiger partial charge in [0.25, 0.3) is 0 Å². The summed E-state index contributed by atoms with van der Waals surface area (Å²) in [4.78, 5) is 13.2. The van der Waals surface area contributed by atoms with E-state index in [4.69, 9.17) is 27.9 Å². The van der Waals surface area contributed by atoms with Crippen LogP contribution >= 0.6 is 23.2 Å². The Labute approximate surface area is 158 Å². The first kappa shape index (κ1) is 18.1. The summed E-state index contributed by atoms with van der Waals surface area (Å²) in [5.74, 6) is 0.585. The number of nitrogens with one attached hydrogen (secondary N) is 1. The van der Waals surface area contributed by atoms with Gasteiger partial charge in [0, 0.05) is 10.7 Å². The number of benzene rings is 2. The van der Waals surface area contributed by atoms with Crippen molar-refractivity contribution in [1.29, 1.82) is 0 Å². The molecule has 5 heteroatoms. The van der Waals surface area contributed by atoms with Crippen LogP contribution in [-0.2, 0) is 10.2 Å². The molecule has 1 fully saturated rings. The molecule has 1 N–H and O–H groups in total. The van der Waals surface area contributed by atoms with Crippen LogP contribution in [0.1, 0.15) is 38.2 Å². The zero-order valence-corrected chi connectivity index (χ0v) is 15.7. The van der Waals surface area contributed by atoms with Crippen molar-refractivity contribution in [2.75, 3.05) is 11.9 Å². The van der Waals surface area contributed by atoms with Gasteiger partial charge in [0.15, 0.2) is 0 Å². The van der Waals surface area contributed by atoms with Gasteiger partial charge in [-0.3, -0.25) is 4.79 Å². The van der Waals surface area contributed by atoms with Crippen molar-refractivity contribution in [1.82, 2.24) is 0 Å². The van der Waals surface area contributed by atoms with Gasteiger partial charge in [-0.2, -0.15) is 0 Å². The number of carbonyl (C=O) groups excluding carboxylic acids is 1. The van der Waals surface area contributed by atoms with Gasteiger partial charge in [0.05, 0.1) is 17.0 Å². The molecule has 0 saturated heterocycles. The van der Waals surface area contributed by atoms with Crippen molar-refractivity contribution in [3.8, 4) is 5.75 Å². The molecule has 0 aromatic heterocycles. The molecule has 1 aliphatic rings. The maximum absolute atomic E-state index is 13.2. The highest BCUT2D eigenvalue weighted by Crippen LogP contribution is 2.44. The Balaban J connectivity index is 1.88. The van der Waals surface area contributed by atoms with Crippen LogP contribution < -0.4 is 10.1 Å². The van der Waals surface area contributed by atoms with Gasteiger partial charge in [-0.05, 0) is 49.6 Å². The fraction of sp³-hybridized carbons (Fsp3) is 0.350. The predicted octanol–water partition coefficient (Wildman–Crippen LogP) is 5.84. The zero-order valence-electron chi connectivity index (χ0n) is 14.1. The first-order valence-corrected chi connectivity index (χ1v) is 9.31. The Bertz CT molecular complexity index is 770. The van der Waals surface area contributed by atoms with E-state index in [1.807, 2.05) is 37.3 Å². The van der Waals surface area contributed by atoms with Crippen LogP contribution in [0.5, 0.6) is 5.75 Å². The molecule has 1 amide bonds. The fourth-order valence-electron chi connectivity index (χ4n) is 3.55. The van der Waals surface area contributed by atoms with Crippen LogP contribution in [-0.4, -0.2) is 12.5 Å². The maximum Gasteiger partial charge on any atom is 0.235 e. The number of anilines is 1. The molecular formula is C20H21Cl2NO2. The van der Waals surface area contributed by atoms with Crippen LogP contribution in [0.25, 0.3) is 0 Å². The van der Waals surface area contributed by atoms with E-state index in [9.17, 15) is 4.79 Å². The minimum atomic E-state index is -0.580. The van der Waals surface area contributed by atoms with E-state index in [-0.39, 0.29) is 5.91 Å². The van der Waals surface area contributed by atoms with E-state index in [0.29, 0.717) is 28.1 Å². The number of amides is 1. The second kappa shape index (κ2) is 7.67. The second-order valence-electron chi connectivity index (χ2n) is 6.30. The normalized spacial score (nSPS) is 15.8. The Morgan fingerprint density at radius 1 is 1.12 bits per heavy atom. The van der Waals surface area contributed by atoms with Gasteiger partial charge in [-0.25, -0.2) is 0 Å². The number of rotatable bonds is 5. The Kier molecular flexibility index (Phi) is 5.55. The van der Waals surface area contributed by atoms with Crippen LogP contribution in [0.3, 0.4) is 0 Å². The van der Waals surface area contributed by atoms with Crippen molar-refractivity contribution < 1.29 is 9.53 Å². The third kappa shape index (κ3) is 3.63. The molecule has 25 heavy (non-hydrogen) atoms. The van der Waals surface area contributed by atoms with Crippen molar-refractivity contribution in [3.05, 3.63) is 58.1 Å². The van der Waals surface area contributed by atoms with Crippen LogP contribution in [0.15, 0.2) is 42.5 Å². The predicted molar refractivity (Wildman–Crippen MR) is 103 cm³/mol. The highest BCUT2D eigenvalue weighted by atomic mass is 35.5. The summed E-state index contributed by atoms with van der Waals surface area (Å²) in [5, 5.41) is 4.15. The highest BCUT2D eigenvalue weighted by molar-refractivity contribution is 6.32. The van der Waals surface area contributed by atoms with Gasteiger partial charge in [0.1, 0.15) is 5.75 Å². The summed E-state index contributed by atoms with van der Waals surface area (Å²) in [5.41, 5.74) is 0.990. The van der Waals surface area contributed by atoms with Crippen molar-refractivity contribution in [2.24, 2.45) is 0 Å². The molecule has 0 radical (unpaired) electrons. The van der Waals surface area contributed by atoms with Crippen LogP contribution in [0.4, 0.5) is 5.69 Å². The SMILES string of the molecule is CCOc1ccc(NC(=O)C2(c3ccccc3Cl)CCCC2)cc1Cl. The third-order valence-corrected chi connectivity index (χ3v) is 5.40. The van der Waals surface area contributed by atoms with Crippen molar-refractivity contribution >= 4 is 34.8 Å².